The van der Waals surface area contributed by atoms with E-state index in [0.29, 0.717) is 34.9 Å². The summed E-state index contributed by atoms with van der Waals surface area (Å²) < 4.78 is 28.9. The molecular weight excluding hydrogens is 446 g/mol. The lowest BCUT2D eigenvalue weighted by Crippen LogP contribution is -2.42. The van der Waals surface area contributed by atoms with Crippen LogP contribution in [0.25, 0.3) is 11.1 Å². The lowest BCUT2D eigenvalue weighted by atomic mass is 10.1. The number of carbonyl (C=O) groups is 2. The lowest BCUT2D eigenvalue weighted by Gasteiger charge is -2.25. The van der Waals surface area contributed by atoms with Gasteiger partial charge < -0.3 is 21.5 Å². The quantitative estimate of drug-likeness (QED) is 0.462. The Morgan fingerprint density at radius 2 is 1.85 bits per heavy atom. The van der Waals surface area contributed by atoms with Crippen molar-refractivity contribution >= 4 is 29.1 Å². The highest BCUT2D eigenvalue weighted by molar-refractivity contribution is 6.04. The normalized spacial score (nSPS) is 15.6. The Hall–Kier alpha value is -4.12. The molecule has 1 aliphatic rings. The molecule has 9 nitrogen and oxygen atoms in total. The summed E-state index contributed by atoms with van der Waals surface area (Å²) in [5, 5.41) is 3.07. The summed E-state index contributed by atoms with van der Waals surface area (Å²) in [5.74, 6) is -0.405. The predicted octanol–water partition coefficient (Wildman–Crippen LogP) is 2.93. The molecule has 2 heterocycles. The van der Waals surface area contributed by atoms with Crippen molar-refractivity contribution in [2.75, 3.05) is 10.2 Å². The number of rotatable bonds is 8. The Kier molecular flexibility index (Phi) is 6.64. The predicted molar refractivity (Wildman–Crippen MR) is 121 cm³/mol. The molecule has 4 rings (SSSR count). The number of carbonyl (C=O) groups excluding carboxylic acids is 2. The molecule has 1 fully saturated rings. The maximum absolute atomic E-state index is 12.5. The lowest BCUT2D eigenvalue weighted by molar-refractivity contribution is -0.121. The first-order chi connectivity index (χ1) is 16.4. The Morgan fingerprint density at radius 3 is 2.47 bits per heavy atom. The zero-order chi connectivity index (χ0) is 24.2. The van der Waals surface area contributed by atoms with Crippen molar-refractivity contribution in [3.63, 3.8) is 0 Å². The first kappa shape index (κ1) is 23.1. The molecule has 1 aromatic heterocycles. The Bertz CT molecular complexity index is 1190. The van der Waals surface area contributed by atoms with Crippen molar-refractivity contribution < 1.29 is 23.1 Å². The number of amides is 2. The molecule has 0 saturated carbocycles. The molecule has 34 heavy (non-hydrogen) atoms. The summed E-state index contributed by atoms with van der Waals surface area (Å²) >= 11 is 0. The minimum absolute atomic E-state index is 0.0599. The van der Waals surface area contributed by atoms with E-state index in [-0.39, 0.29) is 24.6 Å². The highest BCUT2D eigenvalue weighted by atomic mass is 19.3. The number of alkyl halides is 2. The average Bonchev–Trinajstić information content (AvgIpc) is 3.21. The first-order valence-corrected chi connectivity index (χ1v) is 10.4. The van der Waals surface area contributed by atoms with Crippen LogP contribution in [0.2, 0.25) is 0 Å². The van der Waals surface area contributed by atoms with Gasteiger partial charge in [-0.3, -0.25) is 14.5 Å². The molecule has 1 saturated heterocycles. The third-order valence-electron chi connectivity index (χ3n) is 5.43. The number of nitrogens with two attached hydrogens (primary N) is 2. The van der Waals surface area contributed by atoms with E-state index in [4.69, 9.17) is 11.5 Å². The topological polar surface area (TPSA) is 136 Å². The third kappa shape index (κ3) is 4.94. The van der Waals surface area contributed by atoms with E-state index in [1.807, 2.05) is 0 Å². The molecule has 1 atom stereocenters. The van der Waals surface area contributed by atoms with E-state index >= 15 is 0 Å². The summed E-state index contributed by atoms with van der Waals surface area (Å²) in [6.07, 6.45) is 3.76. The van der Waals surface area contributed by atoms with Crippen molar-refractivity contribution in [3.8, 4) is 16.9 Å². The maximum Gasteiger partial charge on any atom is 0.387 e. The summed E-state index contributed by atoms with van der Waals surface area (Å²) in [5.41, 5.74) is 14.6. The number of anilines is 3. The van der Waals surface area contributed by atoms with Gasteiger partial charge in [-0.1, -0.05) is 18.2 Å². The van der Waals surface area contributed by atoms with E-state index in [9.17, 15) is 18.4 Å². The molecule has 0 bridgehead atoms. The van der Waals surface area contributed by atoms with Gasteiger partial charge in [-0.2, -0.15) is 8.78 Å². The van der Waals surface area contributed by atoms with Crippen LogP contribution in [-0.4, -0.2) is 34.4 Å². The van der Waals surface area contributed by atoms with Crippen LogP contribution in [0.15, 0.2) is 54.9 Å². The zero-order valence-corrected chi connectivity index (χ0v) is 17.9. The summed E-state index contributed by atoms with van der Waals surface area (Å²) in [6.45, 7) is -2.71. The number of primary amides is 1. The monoisotopic (exact) mass is 468 g/mol. The van der Waals surface area contributed by atoms with Gasteiger partial charge in [0.2, 0.25) is 17.8 Å². The molecule has 176 valence electrons. The minimum Gasteiger partial charge on any atom is -0.435 e. The van der Waals surface area contributed by atoms with Crippen LogP contribution in [-0.2, 0) is 16.1 Å². The van der Waals surface area contributed by atoms with Crippen LogP contribution in [0.4, 0.5) is 26.1 Å². The second-order valence-electron chi connectivity index (χ2n) is 7.59. The highest BCUT2D eigenvalue weighted by Gasteiger charge is 2.36. The van der Waals surface area contributed by atoms with Gasteiger partial charge >= 0.3 is 6.61 Å². The van der Waals surface area contributed by atoms with Crippen LogP contribution in [0, 0.1) is 0 Å². The standard InChI is InChI=1S/C23H22F2N6O3/c24-22(25)34-17-5-2-13(3-6-17)15-11-28-23(29-12-15)30-16-4-1-14(10-26)19(9-16)31-18(21(27)33)7-8-20(31)32/h1-6,9,11-12,18,22H,7-8,10,26H2,(H2,27,33)(H,28,29,30). The van der Waals surface area contributed by atoms with Gasteiger partial charge in [-0.25, -0.2) is 9.97 Å². The van der Waals surface area contributed by atoms with Crippen LogP contribution < -0.4 is 26.4 Å². The second kappa shape index (κ2) is 9.79. The molecule has 3 aromatic rings. The van der Waals surface area contributed by atoms with Crippen molar-refractivity contribution in [2.24, 2.45) is 11.5 Å². The van der Waals surface area contributed by atoms with Crippen molar-refractivity contribution in [1.82, 2.24) is 9.97 Å². The van der Waals surface area contributed by atoms with Gasteiger partial charge in [0.1, 0.15) is 11.8 Å². The average molecular weight is 468 g/mol. The summed E-state index contributed by atoms with van der Waals surface area (Å²) in [7, 11) is 0. The van der Waals surface area contributed by atoms with E-state index in [1.165, 1.54) is 17.0 Å². The molecular formula is C23H22F2N6O3. The summed E-state index contributed by atoms with van der Waals surface area (Å²) in [6, 6.07) is 10.7. The molecule has 0 spiro atoms. The molecule has 0 radical (unpaired) electrons. The maximum atomic E-state index is 12.5. The largest absolute Gasteiger partial charge is 0.435 e. The van der Waals surface area contributed by atoms with Crippen molar-refractivity contribution in [3.05, 3.63) is 60.4 Å². The van der Waals surface area contributed by atoms with Gasteiger partial charge in [0, 0.05) is 36.6 Å². The second-order valence-corrected chi connectivity index (χ2v) is 7.59. The van der Waals surface area contributed by atoms with Crippen molar-refractivity contribution in [2.45, 2.75) is 32.0 Å². The van der Waals surface area contributed by atoms with E-state index in [0.717, 1.165) is 5.56 Å². The third-order valence-corrected chi connectivity index (χ3v) is 5.43. The first-order valence-electron chi connectivity index (χ1n) is 10.4. The number of benzene rings is 2. The molecule has 2 aromatic carbocycles. The SMILES string of the molecule is NCc1ccc(Nc2ncc(-c3ccc(OC(F)F)cc3)cn2)cc1N1C(=O)CCC1C(N)=O. The minimum atomic E-state index is -2.88. The van der Waals surface area contributed by atoms with E-state index in [2.05, 4.69) is 20.0 Å². The fourth-order valence-corrected chi connectivity index (χ4v) is 3.79. The Balaban J connectivity index is 1.53. The van der Waals surface area contributed by atoms with Gasteiger partial charge in [0.05, 0.1) is 5.69 Å². The number of halogens is 2. The van der Waals surface area contributed by atoms with Crippen LogP contribution in [0.5, 0.6) is 5.75 Å². The number of nitrogens with zero attached hydrogens (tertiary/aromatic N) is 3. The molecule has 5 N–H and O–H groups in total. The smallest absolute Gasteiger partial charge is 0.387 e. The number of ether oxygens (including phenoxy) is 1. The number of hydrogen-bond donors (Lipinski definition) is 3. The van der Waals surface area contributed by atoms with E-state index < -0.39 is 18.6 Å². The van der Waals surface area contributed by atoms with Crippen LogP contribution >= 0.6 is 0 Å². The van der Waals surface area contributed by atoms with Crippen LogP contribution in [0.1, 0.15) is 18.4 Å². The zero-order valence-electron chi connectivity index (χ0n) is 17.9. The van der Waals surface area contributed by atoms with E-state index in [1.54, 1.807) is 42.7 Å². The summed E-state index contributed by atoms with van der Waals surface area (Å²) in [4.78, 5) is 34.3. The molecule has 0 aliphatic carbocycles. The number of aromatic nitrogens is 2. The molecule has 2 amide bonds. The molecule has 1 unspecified atom stereocenters. The number of hydrogen-bond acceptors (Lipinski definition) is 7. The number of nitrogens with one attached hydrogen (secondary N) is 1. The van der Waals surface area contributed by atoms with Gasteiger partial charge in [0.15, 0.2) is 0 Å². The Morgan fingerprint density at radius 1 is 1.15 bits per heavy atom. The highest BCUT2D eigenvalue weighted by Crippen LogP contribution is 2.32. The van der Waals surface area contributed by atoms with Gasteiger partial charge in [0.25, 0.3) is 0 Å². The fourth-order valence-electron chi connectivity index (χ4n) is 3.79. The van der Waals surface area contributed by atoms with Gasteiger partial charge in [-0.05, 0) is 41.8 Å². The Labute approximate surface area is 193 Å². The van der Waals surface area contributed by atoms with Crippen molar-refractivity contribution in [1.29, 1.82) is 0 Å². The molecule has 11 heteroatoms. The van der Waals surface area contributed by atoms with Crippen LogP contribution in [0.3, 0.4) is 0 Å². The molecule has 1 aliphatic heterocycles. The van der Waals surface area contributed by atoms with Gasteiger partial charge in [-0.15, -0.1) is 0 Å². The fraction of sp³-hybridized carbons (Fsp3) is 0.217.